The molecule has 0 saturated heterocycles. The highest BCUT2D eigenvalue weighted by molar-refractivity contribution is 6.11. The molecule has 0 aliphatic carbocycles. The van der Waals surface area contributed by atoms with Crippen LogP contribution in [-0.2, 0) is 0 Å². The van der Waals surface area contributed by atoms with Gasteiger partial charge in [-0.1, -0.05) is 103 Å². The third kappa shape index (κ3) is 4.14. The highest BCUT2D eigenvalue weighted by Crippen LogP contribution is 2.39. The number of benzene rings is 7. The summed E-state index contributed by atoms with van der Waals surface area (Å²) in [7, 11) is 0. The second-order valence-corrected chi connectivity index (χ2v) is 12.0. The predicted molar refractivity (Wildman–Crippen MR) is 195 cm³/mol. The van der Waals surface area contributed by atoms with Crippen LogP contribution in [0.15, 0.2) is 158 Å². The number of fused-ring (bicyclic) bond motifs is 6. The van der Waals surface area contributed by atoms with Crippen LogP contribution in [0.5, 0.6) is 0 Å². The lowest BCUT2D eigenvalue weighted by Crippen LogP contribution is -2.00. The average molecular weight is 611 g/mol. The molecule has 0 fully saturated rings. The summed E-state index contributed by atoms with van der Waals surface area (Å²) in [5.74, 6) is 0. The van der Waals surface area contributed by atoms with Gasteiger partial charge in [0.25, 0.3) is 0 Å². The van der Waals surface area contributed by atoms with E-state index in [0.717, 1.165) is 66.5 Å². The topological polar surface area (TPSA) is 57.4 Å². The number of hydrogen-bond acceptors (Lipinski definition) is 2. The van der Waals surface area contributed by atoms with E-state index in [2.05, 4.69) is 143 Å². The Morgan fingerprint density at radius 3 is 1.52 bits per heavy atom. The minimum Gasteiger partial charge on any atom is -0.309 e. The number of nitrogens with zero attached hydrogens (tertiary/aromatic N) is 4. The standard InChI is InChI=1S/C44H26N4/c45-27-29-16-25-43-39(26-29)38-11-3-4-13-40(38)47(43)34-23-21-31(22-24-34)30-17-19-32(20-18-30)35-12-7-8-33(28-46)44(35)48-41-14-5-1-9-36(41)37-10-2-6-15-42(37)48/h1-26H. The van der Waals surface area contributed by atoms with Crippen molar-refractivity contribution in [3.63, 3.8) is 0 Å². The van der Waals surface area contributed by atoms with Gasteiger partial charge >= 0.3 is 0 Å². The average Bonchev–Trinajstić information content (AvgIpc) is 3.67. The fraction of sp³-hybridized carbons (Fsp3) is 0. The van der Waals surface area contributed by atoms with Crippen LogP contribution >= 0.6 is 0 Å². The first kappa shape index (κ1) is 27.4. The van der Waals surface area contributed by atoms with Gasteiger partial charge in [-0.3, -0.25) is 0 Å². The Morgan fingerprint density at radius 2 is 0.917 bits per heavy atom. The molecule has 2 aromatic heterocycles. The van der Waals surface area contributed by atoms with Gasteiger partial charge in [0.15, 0.2) is 0 Å². The molecule has 0 bridgehead atoms. The molecule has 9 aromatic rings. The van der Waals surface area contributed by atoms with Crippen LogP contribution in [-0.4, -0.2) is 9.13 Å². The van der Waals surface area contributed by atoms with E-state index in [9.17, 15) is 10.5 Å². The molecule has 0 radical (unpaired) electrons. The minimum atomic E-state index is 0.632. The zero-order valence-electron chi connectivity index (χ0n) is 25.8. The van der Waals surface area contributed by atoms with Crippen LogP contribution in [0.1, 0.15) is 11.1 Å². The summed E-state index contributed by atoms with van der Waals surface area (Å²) in [6.45, 7) is 0. The lowest BCUT2D eigenvalue weighted by atomic mass is 9.97. The summed E-state index contributed by atoms with van der Waals surface area (Å²) in [4.78, 5) is 0. The monoisotopic (exact) mass is 610 g/mol. The van der Waals surface area contributed by atoms with Crippen molar-refractivity contribution in [2.75, 3.05) is 0 Å². The third-order valence-corrected chi connectivity index (χ3v) is 9.42. The van der Waals surface area contributed by atoms with Gasteiger partial charge in [-0.25, -0.2) is 0 Å². The van der Waals surface area contributed by atoms with E-state index < -0.39 is 0 Å². The van der Waals surface area contributed by atoms with Crippen LogP contribution < -0.4 is 0 Å². The van der Waals surface area contributed by atoms with E-state index in [4.69, 9.17) is 0 Å². The SMILES string of the molecule is N#Cc1ccc2c(c1)c1ccccc1n2-c1ccc(-c2ccc(-c3cccc(C#N)c3-n3c4ccccc4c4ccccc43)cc2)cc1. The molecule has 9 rings (SSSR count). The maximum Gasteiger partial charge on any atom is 0.101 e. The lowest BCUT2D eigenvalue weighted by molar-refractivity contribution is 1.17. The maximum absolute atomic E-state index is 10.3. The second-order valence-electron chi connectivity index (χ2n) is 12.0. The van der Waals surface area contributed by atoms with Crippen molar-refractivity contribution in [1.29, 1.82) is 10.5 Å². The summed E-state index contributed by atoms with van der Waals surface area (Å²) in [6.07, 6.45) is 0. The fourth-order valence-corrected chi connectivity index (χ4v) is 7.24. The summed E-state index contributed by atoms with van der Waals surface area (Å²) in [5.41, 5.74) is 11.9. The Labute approximate surface area is 277 Å². The van der Waals surface area contributed by atoms with Gasteiger partial charge in [0.2, 0.25) is 0 Å². The minimum absolute atomic E-state index is 0.632. The zero-order chi connectivity index (χ0) is 32.2. The molecular weight excluding hydrogens is 585 g/mol. The van der Waals surface area contributed by atoms with Crippen LogP contribution in [0.4, 0.5) is 0 Å². The fourth-order valence-electron chi connectivity index (χ4n) is 7.24. The number of nitriles is 2. The van der Waals surface area contributed by atoms with Crippen molar-refractivity contribution in [2.24, 2.45) is 0 Å². The molecule has 0 N–H and O–H groups in total. The van der Waals surface area contributed by atoms with Crippen LogP contribution in [0.2, 0.25) is 0 Å². The Balaban J connectivity index is 1.12. The molecule has 4 heteroatoms. The molecule has 0 atom stereocenters. The first-order valence-electron chi connectivity index (χ1n) is 15.9. The van der Waals surface area contributed by atoms with E-state index in [1.807, 2.05) is 36.4 Å². The summed E-state index contributed by atoms with van der Waals surface area (Å²) < 4.78 is 4.50. The van der Waals surface area contributed by atoms with Gasteiger partial charge in [-0.15, -0.1) is 0 Å². The molecular formula is C44H26N4. The van der Waals surface area contributed by atoms with Gasteiger partial charge in [-0.05, 0) is 71.3 Å². The van der Waals surface area contributed by atoms with Crippen LogP contribution in [0.3, 0.4) is 0 Å². The largest absolute Gasteiger partial charge is 0.309 e. The maximum atomic E-state index is 10.3. The highest BCUT2D eigenvalue weighted by Gasteiger charge is 2.19. The van der Waals surface area contributed by atoms with E-state index in [-0.39, 0.29) is 0 Å². The van der Waals surface area contributed by atoms with Gasteiger partial charge < -0.3 is 9.13 Å². The third-order valence-electron chi connectivity index (χ3n) is 9.42. The van der Waals surface area contributed by atoms with Crippen molar-refractivity contribution >= 4 is 43.6 Å². The summed E-state index contributed by atoms with van der Waals surface area (Å²) in [6, 6.07) is 59.0. The lowest BCUT2D eigenvalue weighted by Gasteiger charge is -2.16. The molecule has 0 aliphatic heterocycles. The van der Waals surface area contributed by atoms with E-state index >= 15 is 0 Å². The molecule has 0 aliphatic rings. The first-order valence-corrected chi connectivity index (χ1v) is 15.9. The molecule has 0 amide bonds. The zero-order valence-corrected chi connectivity index (χ0v) is 25.8. The van der Waals surface area contributed by atoms with Gasteiger partial charge in [0, 0.05) is 32.8 Å². The molecule has 2 heterocycles. The highest BCUT2D eigenvalue weighted by atomic mass is 15.0. The number of rotatable bonds is 4. The molecule has 4 nitrogen and oxygen atoms in total. The van der Waals surface area contributed by atoms with Crippen molar-refractivity contribution in [2.45, 2.75) is 0 Å². The predicted octanol–water partition coefficient (Wildman–Crippen LogP) is 11.0. The smallest absolute Gasteiger partial charge is 0.101 e. The van der Waals surface area contributed by atoms with Gasteiger partial charge in [-0.2, -0.15) is 10.5 Å². The van der Waals surface area contributed by atoms with E-state index in [1.54, 1.807) is 0 Å². The molecule has 7 aromatic carbocycles. The molecule has 0 saturated carbocycles. The van der Waals surface area contributed by atoms with Crippen molar-refractivity contribution in [3.8, 4) is 45.8 Å². The summed E-state index contributed by atoms with van der Waals surface area (Å²) >= 11 is 0. The van der Waals surface area contributed by atoms with Gasteiger partial charge in [0.05, 0.1) is 45.0 Å². The Hall–Kier alpha value is -6.88. The molecule has 0 unspecified atom stereocenters. The normalized spacial score (nSPS) is 11.3. The number of aromatic nitrogens is 2. The Bertz CT molecular complexity index is 2730. The quantitative estimate of drug-likeness (QED) is 0.199. The molecule has 0 spiro atoms. The second kappa shape index (κ2) is 10.9. The molecule has 222 valence electrons. The first-order chi connectivity index (χ1) is 23.7. The summed E-state index contributed by atoms with van der Waals surface area (Å²) in [5, 5.41) is 24.3. The van der Waals surface area contributed by atoms with Crippen molar-refractivity contribution < 1.29 is 0 Å². The number of hydrogen-bond donors (Lipinski definition) is 0. The van der Waals surface area contributed by atoms with Gasteiger partial charge in [0.1, 0.15) is 6.07 Å². The Morgan fingerprint density at radius 1 is 0.396 bits per heavy atom. The number of para-hydroxylation sites is 4. The van der Waals surface area contributed by atoms with E-state index in [0.29, 0.717) is 11.1 Å². The van der Waals surface area contributed by atoms with Crippen LogP contribution in [0, 0.1) is 22.7 Å². The van der Waals surface area contributed by atoms with Crippen molar-refractivity contribution in [3.05, 3.63) is 169 Å². The Kier molecular flexibility index (Phi) is 6.22. The van der Waals surface area contributed by atoms with Crippen LogP contribution in [0.25, 0.3) is 77.2 Å². The molecule has 48 heavy (non-hydrogen) atoms. The van der Waals surface area contributed by atoms with E-state index in [1.165, 1.54) is 10.8 Å². The van der Waals surface area contributed by atoms with Crippen molar-refractivity contribution in [1.82, 2.24) is 9.13 Å².